The lowest BCUT2D eigenvalue weighted by Gasteiger charge is -2.32. The summed E-state index contributed by atoms with van der Waals surface area (Å²) in [7, 11) is 1.69. The number of carbonyl (C=O) groups is 2. The summed E-state index contributed by atoms with van der Waals surface area (Å²) in [5, 5.41) is 3.53. The van der Waals surface area contributed by atoms with E-state index in [1.165, 1.54) is 24.2 Å². The second kappa shape index (κ2) is 6.37. The first-order chi connectivity index (χ1) is 9.11. The van der Waals surface area contributed by atoms with Gasteiger partial charge in [-0.25, -0.2) is 0 Å². The molecule has 1 aliphatic carbocycles. The van der Waals surface area contributed by atoms with Crippen molar-refractivity contribution in [2.24, 2.45) is 5.92 Å². The lowest BCUT2D eigenvalue weighted by molar-refractivity contribution is -0.148. The number of hydrogen-bond acceptors (Lipinski definition) is 3. The van der Waals surface area contributed by atoms with Crippen molar-refractivity contribution >= 4 is 11.8 Å². The van der Waals surface area contributed by atoms with Gasteiger partial charge in [-0.05, 0) is 31.7 Å². The predicted octanol–water partition coefficient (Wildman–Crippen LogP) is 0.455. The molecular formula is C14H25N3O2. The number of nitrogens with one attached hydrogen (secondary N) is 1. The van der Waals surface area contributed by atoms with Gasteiger partial charge < -0.3 is 15.1 Å². The minimum absolute atomic E-state index is 0.0502. The Hall–Kier alpha value is -1.10. The van der Waals surface area contributed by atoms with Crippen molar-refractivity contribution in [3.63, 3.8) is 0 Å². The standard InChI is InChI=1S/C14H25N3O2/c1-3-15-12-6-4-5-11(12)7-8-17-10-13(18)16(2)9-14(17)19/h11-12,15H,3-10H2,1-2H3. The molecule has 2 aliphatic rings. The van der Waals surface area contributed by atoms with E-state index < -0.39 is 0 Å². The Kier molecular flexibility index (Phi) is 4.80. The van der Waals surface area contributed by atoms with Crippen molar-refractivity contribution in [1.82, 2.24) is 15.1 Å². The van der Waals surface area contributed by atoms with Gasteiger partial charge in [0, 0.05) is 19.6 Å². The minimum Gasteiger partial charge on any atom is -0.335 e. The molecule has 2 rings (SSSR count). The average molecular weight is 267 g/mol. The summed E-state index contributed by atoms with van der Waals surface area (Å²) >= 11 is 0. The molecule has 1 saturated heterocycles. The molecule has 1 aliphatic heterocycles. The van der Waals surface area contributed by atoms with Gasteiger partial charge in [0.2, 0.25) is 11.8 Å². The Labute approximate surface area is 115 Å². The Balaban J connectivity index is 1.81. The first-order valence-corrected chi connectivity index (χ1v) is 7.37. The molecule has 5 nitrogen and oxygen atoms in total. The zero-order chi connectivity index (χ0) is 13.8. The minimum atomic E-state index is 0.0502. The van der Waals surface area contributed by atoms with Gasteiger partial charge >= 0.3 is 0 Å². The number of hydrogen-bond donors (Lipinski definition) is 1. The quantitative estimate of drug-likeness (QED) is 0.787. The molecule has 0 bridgehead atoms. The molecule has 2 atom stereocenters. The number of piperazine rings is 1. The smallest absolute Gasteiger partial charge is 0.242 e. The molecule has 19 heavy (non-hydrogen) atoms. The lowest BCUT2D eigenvalue weighted by atomic mass is 9.99. The predicted molar refractivity (Wildman–Crippen MR) is 73.6 cm³/mol. The Morgan fingerprint density at radius 1 is 1.21 bits per heavy atom. The SMILES string of the molecule is CCNC1CCCC1CCN1CC(=O)N(C)CC1=O. The first kappa shape index (κ1) is 14.3. The van der Waals surface area contributed by atoms with E-state index in [1.807, 2.05) is 0 Å². The summed E-state index contributed by atoms with van der Waals surface area (Å²) in [6, 6.07) is 0.600. The van der Waals surface area contributed by atoms with Crippen LogP contribution in [0.5, 0.6) is 0 Å². The average Bonchev–Trinajstić information content (AvgIpc) is 2.80. The molecule has 2 unspecified atom stereocenters. The monoisotopic (exact) mass is 267 g/mol. The van der Waals surface area contributed by atoms with Gasteiger partial charge in [-0.3, -0.25) is 9.59 Å². The van der Waals surface area contributed by atoms with Crippen LogP contribution >= 0.6 is 0 Å². The zero-order valence-corrected chi connectivity index (χ0v) is 12.0. The summed E-state index contributed by atoms with van der Waals surface area (Å²) in [6.07, 6.45) is 4.78. The topological polar surface area (TPSA) is 52.7 Å². The second-order valence-electron chi connectivity index (χ2n) is 5.71. The lowest BCUT2D eigenvalue weighted by Crippen LogP contribution is -2.52. The molecule has 2 fully saturated rings. The van der Waals surface area contributed by atoms with Crippen LogP contribution < -0.4 is 5.32 Å². The second-order valence-corrected chi connectivity index (χ2v) is 5.71. The van der Waals surface area contributed by atoms with Gasteiger partial charge in [0.15, 0.2) is 0 Å². The van der Waals surface area contributed by atoms with E-state index >= 15 is 0 Å². The fraction of sp³-hybridized carbons (Fsp3) is 0.857. The maximum Gasteiger partial charge on any atom is 0.242 e. The van der Waals surface area contributed by atoms with Crippen molar-refractivity contribution in [3.05, 3.63) is 0 Å². The van der Waals surface area contributed by atoms with Crippen LogP contribution in [-0.2, 0) is 9.59 Å². The fourth-order valence-electron chi connectivity index (χ4n) is 3.20. The van der Waals surface area contributed by atoms with E-state index in [9.17, 15) is 9.59 Å². The molecule has 0 aromatic carbocycles. The van der Waals surface area contributed by atoms with Crippen LogP contribution in [0.2, 0.25) is 0 Å². The summed E-state index contributed by atoms with van der Waals surface area (Å²) in [5.74, 6) is 0.789. The summed E-state index contributed by atoms with van der Waals surface area (Å²) in [4.78, 5) is 26.7. The molecule has 0 aromatic heterocycles. The van der Waals surface area contributed by atoms with E-state index in [-0.39, 0.29) is 24.9 Å². The van der Waals surface area contributed by atoms with Crippen molar-refractivity contribution in [2.75, 3.05) is 33.2 Å². The Bertz CT molecular complexity index is 346. The van der Waals surface area contributed by atoms with Crippen molar-refractivity contribution < 1.29 is 9.59 Å². The number of nitrogens with zero attached hydrogens (tertiary/aromatic N) is 2. The largest absolute Gasteiger partial charge is 0.335 e. The van der Waals surface area contributed by atoms with E-state index in [4.69, 9.17) is 0 Å². The van der Waals surface area contributed by atoms with Crippen LogP contribution in [0.25, 0.3) is 0 Å². The molecule has 1 heterocycles. The molecule has 2 amide bonds. The highest BCUT2D eigenvalue weighted by Crippen LogP contribution is 2.28. The molecule has 0 radical (unpaired) electrons. The van der Waals surface area contributed by atoms with Crippen LogP contribution in [0.15, 0.2) is 0 Å². The summed E-state index contributed by atoms with van der Waals surface area (Å²) < 4.78 is 0. The van der Waals surface area contributed by atoms with Crippen molar-refractivity contribution in [1.29, 1.82) is 0 Å². The number of amides is 2. The molecular weight excluding hydrogens is 242 g/mol. The maximum atomic E-state index is 11.9. The molecule has 0 spiro atoms. The van der Waals surface area contributed by atoms with Gasteiger partial charge in [-0.1, -0.05) is 13.3 Å². The van der Waals surface area contributed by atoms with Crippen LogP contribution in [0.4, 0.5) is 0 Å². The molecule has 1 saturated carbocycles. The summed E-state index contributed by atoms with van der Waals surface area (Å²) in [6.45, 7) is 4.37. The third kappa shape index (κ3) is 3.47. The van der Waals surface area contributed by atoms with Crippen LogP contribution in [-0.4, -0.2) is 60.9 Å². The maximum absolute atomic E-state index is 11.9. The molecule has 5 heteroatoms. The number of likely N-dealkylation sites (N-methyl/N-ethyl adjacent to an activating group) is 1. The van der Waals surface area contributed by atoms with Gasteiger partial charge in [0.1, 0.15) is 0 Å². The molecule has 108 valence electrons. The fourth-order valence-corrected chi connectivity index (χ4v) is 3.20. The highest BCUT2D eigenvalue weighted by Gasteiger charge is 2.30. The van der Waals surface area contributed by atoms with Gasteiger partial charge in [0.25, 0.3) is 0 Å². The third-order valence-corrected chi connectivity index (χ3v) is 4.37. The van der Waals surface area contributed by atoms with Crippen LogP contribution in [0, 0.1) is 5.92 Å². The van der Waals surface area contributed by atoms with Crippen LogP contribution in [0.1, 0.15) is 32.6 Å². The van der Waals surface area contributed by atoms with E-state index in [1.54, 1.807) is 11.9 Å². The van der Waals surface area contributed by atoms with Gasteiger partial charge in [0.05, 0.1) is 13.1 Å². The zero-order valence-electron chi connectivity index (χ0n) is 12.0. The van der Waals surface area contributed by atoms with E-state index in [0.29, 0.717) is 12.0 Å². The van der Waals surface area contributed by atoms with Gasteiger partial charge in [-0.2, -0.15) is 0 Å². The van der Waals surface area contributed by atoms with Crippen molar-refractivity contribution in [2.45, 2.75) is 38.6 Å². The van der Waals surface area contributed by atoms with Crippen molar-refractivity contribution in [3.8, 4) is 0 Å². The molecule has 1 N–H and O–H groups in total. The van der Waals surface area contributed by atoms with Gasteiger partial charge in [-0.15, -0.1) is 0 Å². The van der Waals surface area contributed by atoms with E-state index in [0.717, 1.165) is 19.5 Å². The molecule has 0 aromatic rings. The van der Waals surface area contributed by atoms with Crippen LogP contribution in [0.3, 0.4) is 0 Å². The highest BCUT2D eigenvalue weighted by molar-refractivity contribution is 5.92. The normalized spacial score (nSPS) is 28.3. The number of rotatable bonds is 5. The highest BCUT2D eigenvalue weighted by atomic mass is 16.2. The first-order valence-electron chi connectivity index (χ1n) is 7.37. The van der Waals surface area contributed by atoms with E-state index in [2.05, 4.69) is 12.2 Å². The Morgan fingerprint density at radius 2 is 2.00 bits per heavy atom. The third-order valence-electron chi connectivity index (χ3n) is 4.37. The Morgan fingerprint density at radius 3 is 2.74 bits per heavy atom. The summed E-state index contributed by atoms with van der Waals surface area (Å²) in [5.41, 5.74) is 0. The number of carbonyl (C=O) groups excluding carboxylic acids is 2.